The Labute approximate surface area is 174 Å². The van der Waals surface area contributed by atoms with Crippen LogP contribution in [0.5, 0.6) is 0 Å². The Kier molecular flexibility index (Phi) is 5.70. The number of hydrogen-bond acceptors (Lipinski definition) is 4. The van der Waals surface area contributed by atoms with Crippen LogP contribution in [0.1, 0.15) is 36.3 Å². The van der Waals surface area contributed by atoms with Crippen molar-refractivity contribution in [2.24, 2.45) is 0 Å². The van der Waals surface area contributed by atoms with E-state index in [1.54, 1.807) is 0 Å². The van der Waals surface area contributed by atoms with E-state index in [9.17, 15) is 19.5 Å². The summed E-state index contributed by atoms with van der Waals surface area (Å²) in [4.78, 5) is 37.0. The van der Waals surface area contributed by atoms with Gasteiger partial charge in [-0.1, -0.05) is 48.5 Å². The van der Waals surface area contributed by atoms with E-state index in [0.29, 0.717) is 19.4 Å². The number of nitrogens with one attached hydrogen (secondary N) is 1. The summed E-state index contributed by atoms with van der Waals surface area (Å²) < 4.78 is 5.44. The number of carbonyl (C=O) groups is 3. The van der Waals surface area contributed by atoms with Crippen molar-refractivity contribution in [2.75, 3.05) is 19.7 Å². The molecule has 0 aromatic heterocycles. The van der Waals surface area contributed by atoms with Gasteiger partial charge < -0.3 is 20.1 Å². The molecule has 7 nitrogen and oxygen atoms in total. The number of nitrogens with zero attached hydrogens (tertiary/aromatic N) is 1. The fourth-order valence-electron chi connectivity index (χ4n) is 4.39. The standard InChI is InChI=1S/C23H24N2O5/c26-21(25-13-5-10-20(25)22(27)28)11-12-24-23(29)30-14-19-17-8-3-1-6-15(17)16-7-2-4-9-18(16)19/h1-4,6-9,19-20H,5,10-14H2,(H,24,29)(H,27,28)/t20-/m0/s1. The zero-order valence-corrected chi connectivity index (χ0v) is 16.5. The molecule has 2 aromatic carbocycles. The maximum absolute atomic E-state index is 12.3. The fourth-order valence-corrected chi connectivity index (χ4v) is 4.39. The van der Waals surface area contributed by atoms with Crippen molar-refractivity contribution < 1.29 is 24.2 Å². The molecule has 0 radical (unpaired) electrons. The van der Waals surface area contributed by atoms with Crippen molar-refractivity contribution in [1.82, 2.24) is 10.2 Å². The van der Waals surface area contributed by atoms with Gasteiger partial charge in [0.1, 0.15) is 12.6 Å². The predicted molar refractivity (Wildman–Crippen MR) is 110 cm³/mol. The monoisotopic (exact) mass is 408 g/mol. The van der Waals surface area contributed by atoms with E-state index >= 15 is 0 Å². The van der Waals surface area contributed by atoms with Crippen LogP contribution >= 0.6 is 0 Å². The molecule has 1 aliphatic carbocycles. The van der Waals surface area contributed by atoms with Gasteiger partial charge in [-0.2, -0.15) is 0 Å². The molecule has 7 heteroatoms. The van der Waals surface area contributed by atoms with Crippen LogP contribution in [0.2, 0.25) is 0 Å². The third kappa shape index (κ3) is 3.87. The molecular formula is C23H24N2O5. The second-order valence-corrected chi connectivity index (χ2v) is 7.59. The molecule has 30 heavy (non-hydrogen) atoms. The Morgan fingerprint density at radius 1 is 1.03 bits per heavy atom. The lowest BCUT2D eigenvalue weighted by Crippen LogP contribution is -2.41. The van der Waals surface area contributed by atoms with E-state index in [4.69, 9.17) is 4.74 Å². The van der Waals surface area contributed by atoms with E-state index in [2.05, 4.69) is 29.6 Å². The van der Waals surface area contributed by atoms with Crippen molar-refractivity contribution in [3.63, 3.8) is 0 Å². The van der Waals surface area contributed by atoms with E-state index in [-0.39, 0.29) is 31.4 Å². The summed E-state index contributed by atoms with van der Waals surface area (Å²) in [5.41, 5.74) is 4.59. The van der Waals surface area contributed by atoms with Crippen molar-refractivity contribution in [1.29, 1.82) is 0 Å². The normalized spacial score (nSPS) is 17.3. The molecule has 156 valence electrons. The third-order valence-electron chi connectivity index (χ3n) is 5.81. The van der Waals surface area contributed by atoms with Gasteiger partial charge in [0.25, 0.3) is 0 Å². The molecule has 0 spiro atoms. The number of carbonyl (C=O) groups excluding carboxylic acids is 2. The van der Waals surface area contributed by atoms with Crippen LogP contribution in [0.25, 0.3) is 11.1 Å². The highest BCUT2D eigenvalue weighted by Crippen LogP contribution is 2.44. The van der Waals surface area contributed by atoms with Gasteiger partial charge in [-0.3, -0.25) is 4.79 Å². The van der Waals surface area contributed by atoms with Gasteiger partial charge in [0.05, 0.1) is 0 Å². The minimum absolute atomic E-state index is 0.0225. The molecule has 2 aliphatic rings. The van der Waals surface area contributed by atoms with Gasteiger partial charge in [-0.15, -0.1) is 0 Å². The van der Waals surface area contributed by atoms with Gasteiger partial charge in [0, 0.05) is 25.4 Å². The zero-order chi connectivity index (χ0) is 21.1. The fraction of sp³-hybridized carbons (Fsp3) is 0.348. The van der Waals surface area contributed by atoms with Gasteiger partial charge in [0.2, 0.25) is 5.91 Å². The van der Waals surface area contributed by atoms with Gasteiger partial charge in [-0.05, 0) is 35.1 Å². The lowest BCUT2D eigenvalue weighted by molar-refractivity contribution is -0.148. The van der Waals surface area contributed by atoms with Crippen LogP contribution in [-0.4, -0.2) is 53.7 Å². The summed E-state index contributed by atoms with van der Waals surface area (Å²) >= 11 is 0. The number of likely N-dealkylation sites (tertiary alicyclic amines) is 1. The summed E-state index contributed by atoms with van der Waals surface area (Å²) in [6.07, 6.45) is 0.623. The first-order valence-corrected chi connectivity index (χ1v) is 10.2. The summed E-state index contributed by atoms with van der Waals surface area (Å²) in [7, 11) is 0. The van der Waals surface area contributed by atoms with Gasteiger partial charge in [-0.25, -0.2) is 9.59 Å². The number of alkyl carbamates (subject to hydrolysis) is 1. The average Bonchev–Trinajstić information content (AvgIpc) is 3.36. The predicted octanol–water partition coefficient (Wildman–Crippen LogP) is 2.99. The maximum atomic E-state index is 12.3. The summed E-state index contributed by atoms with van der Waals surface area (Å²) in [5, 5.41) is 11.8. The number of rotatable bonds is 6. The molecule has 1 atom stereocenters. The molecule has 1 aliphatic heterocycles. The Balaban J connectivity index is 1.29. The molecule has 1 saturated heterocycles. The molecular weight excluding hydrogens is 384 g/mol. The largest absolute Gasteiger partial charge is 0.480 e. The molecule has 0 bridgehead atoms. The number of aliphatic carboxylic acids is 1. The van der Waals surface area contributed by atoms with E-state index < -0.39 is 18.1 Å². The van der Waals surface area contributed by atoms with E-state index in [0.717, 1.165) is 22.3 Å². The molecule has 2 amide bonds. The SMILES string of the molecule is O=C(NCCC(=O)N1CCC[C@H]1C(=O)O)OCC1c2ccccc2-c2ccccc21. The zero-order valence-electron chi connectivity index (χ0n) is 16.5. The van der Waals surface area contributed by atoms with Crippen LogP contribution in [0.15, 0.2) is 48.5 Å². The summed E-state index contributed by atoms with van der Waals surface area (Å²) in [6.45, 7) is 0.764. The van der Waals surface area contributed by atoms with E-state index in [1.807, 2.05) is 24.3 Å². The number of carboxylic acids is 1. The first-order valence-electron chi connectivity index (χ1n) is 10.2. The highest BCUT2D eigenvalue weighted by molar-refractivity contribution is 5.84. The Bertz CT molecular complexity index is 928. The average molecular weight is 408 g/mol. The third-order valence-corrected chi connectivity index (χ3v) is 5.81. The number of benzene rings is 2. The van der Waals surface area contributed by atoms with Crippen LogP contribution < -0.4 is 5.32 Å². The number of ether oxygens (including phenoxy) is 1. The quantitative estimate of drug-likeness (QED) is 0.766. The Morgan fingerprint density at radius 3 is 2.30 bits per heavy atom. The Hall–Kier alpha value is -3.35. The molecule has 2 aromatic rings. The molecule has 4 rings (SSSR count). The first kappa shape index (κ1) is 19.9. The lowest BCUT2D eigenvalue weighted by atomic mass is 9.98. The van der Waals surface area contributed by atoms with Crippen molar-refractivity contribution >= 4 is 18.0 Å². The first-order chi connectivity index (χ1) is 14.6. The van der Waals surface area contributed by atoms with Gasteiger partial charge >= 0.3 is 12.1 Å². The molecule has 2 N–H and O–H groups in total. The minimum atomic E-state index is -0.981. The molecule has 1 fully saturated rings. The van der Waals surface area contributed by atoms with Crippen molar-refractivity contribution in [3.8, 4) is 11.1 Å². The number of hydrogen-bond donors (Lipinski definition) is 2. The Morgan fingerprint density at radius 2 is 1.67 bits per heavy atom. The van der Waals surface area contributed by atoms with Crippen LogP contribution in [-0.2, 0) is 14.3 Å². The number of fused-ring (bicyclic) bond motifs is 3. The highest BCUT2D eigenvalue weighted by Gasteiger charge is 2.33. The highest BCUT2D eigenvalue weighted by atomic mass is 16.5. The van der Waals surface area contributed by atoms with Crippen molar-refractivity contribution in [3.05, 3.63) is 59.7 Å². The molecule has 0 unspecified atom stereocenters. The smallest absolute Gasteiger partial charge is 0.407 e. The summed E-state index contributed by atoms with van der Waals surface area (Å²) in [5.74, 6) is -1.27. The van der Waals surface area contributed by atoms with E-state index in [1.165, 1.54) is 4.90 Å². The minimum Gasteiger partial charge on any atom is -0.480 e. The summed E-state index contributed by atoms with van der Waals surface area (Å²) in [6, 6.07) is 15.4. The molecule has 1 heterocycles. The topological polar surface area (TPSA) is 95.9 Å². The van der Waals surface area contributed by atoms with Crippen LogP contribution in [0.4, 0.5) is 4.79 Å². The van der Waals surface area contributed by atoms with Gasteiger partial charge in [0.15, 0.2) is 0 Å². The second-order valence-electron chi connectivity index (χ2n) is 7.59. The van der Waals surface area contributed by atoms with Crippen LogP contribution in [0, 0.1) is 0 Å². The number of carboxylic acid groups (broad SMARTS) is 1. The number of amides is 2. The molecule has 0 saturated carbocycles. The maximum Gasteiger partial charge on any atom is 0.407 e. The second kappa shape index (κ2) is 8.57. The van der Waals surface area contributed by atoms with Crippen molar-refractivity contribution in [2.45, 2.75) is 31.2 Å². The lowest BCUT2D eigenvalue weighted by Gasteiger charge is -2.21. The van der Waals surface area contributed by atoms with Crippen LogP contribution in [0.3, 0.4) is 0 Å².